The van der Waals surface area contributed by atoms with Gasteiger partial charge in [0.05, 0.1) is 5.69 Å². The number of nitrogens with one attached hydrogen (secondary N) is 1. The van der Waals surface area contributed by atoms with Gasteiger partial charge in [-0.3, -0.25) is 4.79 Å². The number of hydrogen-bond donors (Lipinski definition) is 4. The normalized spacial score (nSPS) is 10.5. The topological polar surface area (TPSA) is 131 Å². The van der Waals surface area contributed by atoms with Crippen LogP contribution in [0.1, 0.15) is 27.0 Å². The number of hydrogen-bond acceptors (Lipinski definition) is 3. The second-order valence-corrected chi connectivity index (χ2v) is 5.74. The van der Waals surface area contributed by atoms with Crippen LogP contribution < -0.4 is 16.8 Å². The van der Waals surface area contributed by atoms with Crippen molar-refractivity contribution in [2.45, 2.75) is 13.8 Å². The number of carbonyl (C=O) groups is 2. The van der Waals surface area contributed by atoms with Crippen molar-refractivity contribution in [2.75, 3.05) is 5.32 Å². The lowest BCUT2D eigenvalue weighted by molar-refractivity contribution is -0.131. The maximum atomic E-state index is 12.5. The molecule has 0 aliphatic heterocycles. The molecule has 2 rings (SSSR count). The van der Waals surface area contributed by atoms with E-state index in [4.69, 9.17) is 16.6 Å². The molecule has 0 fully saturated rings. The summed E-state index contributed by atoms with van der Waals surface area (Å²) in [5.74, 6) is -1.39. The summed E-state index contributed by atoms with van der Waals surface area (Å²) >= 11 is 0. The number of carbonyl (C=O) groups excluding carboxylic acids is 1. The summed E-state index contributed by atoms with van der Waals surface area (Å²) in [6.45, 7) is 3.69. The van der Waals surface area contributed by atoms with Crippen molar-refractivity contribution >= 4 is 35.3 Å². The lowest BCUT2D eigenvalue weighted by Gasteiger charge is -2.13. The van der Waals surface area contributed by atoms with E-state index < -0.39 is 5.97 Å². The number of benzene rings is 2. The van der Waals surface area contributed by atoms with E-state index in [1.54, 1.807) is 36.4 Å². The SMILES string of the molecule is Cc1cc(C=CC(=O)O)cc(C)c1NC(=O)c1cccc(N=C(N)N)c1. The van der Waals surface area contributed by atoms with Crippen LogP contribution in [0.5, 0.6) is 0 Å². The van der Waals surface area contributed by atoms with Crippen LogP contribution >= 0.6 is 0 Å². The number of aryl methyl sites for hydroxylation is 2. The van der Waals surface area contributed by atoms with Crippen molar-refractivity contribution in [3.63, 3.8) is 0 Å². The quantitative estimate of drug-likeness (QED) is 0.373. The van der Waals surface area contributed by atoms with E-state index in [2.05, 4.69) is 10.3 Å². The first-order chi connectivity index (χ1) is 12.3. The Labute approximate surface area is 151 Å². The Bertz CT molecular complexity index is 890. The molecule has 0 aromatic heterocycles. The van der Waals surface area contributed by atoms with Gasteiger partial charge in [0.1, 0.15) is 0 Å². The number of carboxylic acids is 1. The number of anilines is 1. The van der Waals surface area contributed by atoms with Crippen molar-refractivity contribution in [3.8, 4) is 0 Å². The van der Waals surface area contributed by atoms with Gasteiger partial charge in [0.15, 0.2) is 5.96 Å². The van der Waals surface area contributed by atoms with Gasteiger partial charge in [-0.15, -0.1) is 0 Å². The van der Waals surface area contributed by atoms with E-state index in [1.807, 2.05) is 13.8 Å². The molecule has 0 saturated heterocycles. The molecule has 0 spiro atoms. The predicted octanol–water partition coefficient (Wildman–Crippen LogP) is 2.56. The molecule has 1 amide bonds. The zero-order chi connectivity index (χ0) is 19.3. The Hall–Kier alpha value is -3.61. The molecule has 2 aromatic rings. The van der Waals surface area contributed by atoms with Gasteiger partial charge in [-0.1, -0.05) is 6.07 Å². The first kappa shape index (κ1) is 18.7. The third-order valence-electron chi connectivity index (χ3n) is 3.58. The number of nitrogens with zero attached hydrogens (tertiary/aromatic N) is 1. The molecule has 0 saturated carbocycles. The molecule has 26 heavy (non-hydrogen) atoms. The van der Waals surface area contributed by atoms with Crippen molar-refractivity contribution in [1.82, 2.24) is 0 Å². The van der Waals surface area contributed by atoms with Crippen LogP contribution in [0.2, 0.25) is 0 Å². The molecule has 7 heteroatoms. The average molecular weight is 352 g/mol. The Morgan fingerprint density at radius 3 is 2.35 bits per heavy atom. The molecule has 0 heterocycles. The summed E-state index contributed by atoms with van der Waals surface area (Å²) in [7, 11) is 0. The zero-order valence-electron chi connectivity index (χ0n) is 14.5. The fourth-order valence-corrected chi connectivity index (χ4v) is 2.51. The molecule has 0 radical (unpaired) electrons. The van der Waals surface area contributed by atoms with Crippen LogP contribution in [-0.2, 0) is 4.79 Å². The minimum Gasteiger partial charge on any atom is -0.478 e. The van der Waals surface area contributed by atoms with E-state index in [0.29, 0.717) is 16.9 Å². The predicted molar refractivity (Wildman–Crippen MR) is 102 cm³/mol. The summed E-state index contributed by atoms with van der Waals surface area (Å²) < 4.78 is 0. The molecule has 0 bridgehead atoms. The Kier molecular flexibility index (Phi) is 5.74. The summed E-state index contributed by atoms with van der Waals surface area (Å²) in [6.07, 6.45) is 2.58. The van der Waals surface area contributed by atoms with E-state index in [9.17, 15) is 9.59 Å². The number of amides is 1. The van der Waals surface area contributed by atoms with Gasteiger partial charge in [0.2, 0.25) is 0 Å². The molecule has 0 aliphatic carbocycles. The lowest BCUT2D eigenvalue weighted by Crippen LogP contribution is -2.22. The molecular formula is C19H20N4O3. The highest BCUT2D eigenvalue weighted by atomic mass is 16.4. The molecule has 6 N–H and O–H groups in total. The lowest BCUT2D eigenvalue weighted by atomic mass is 10.0. The number of nitrogens with two attached hydrogens (primary N) is 2. The minimum absolute atomic E-state index is 0.0840. The zero-order valence-corrected chi connectivity index (χ0v) is 14.5. The molecular weight excluding hydrogens is 332 g/mol. The van der Waals surface area contributed by atoms with Gasteiger partial charge in [-0.25, -0.2) is 9.79 Å². The van der Waals surface area contributed by atoms with Crippen molar-refractivity contribution in [2.24, 2.45) is 16.5 Å². The van der Waals surface area contributed by atoms with Gasteiger partial charge < -0.3 is 21.9 Å². The maximum absolute atomic E-state index is 12.5. The van der Waals surface area contributed by atoms with Gasteiger partial charge in [-0.05, 0) is 66.9 Å². The number of aliphatic imine (C=N–C) groups is 1. The maximum Gasteiger partial charge on any atom is 0.328 e. The number of aliphatic carboxylic acids is 1. The summed E-state index contributed by atoms with van der Waals surface area (Å²) in [5, 5.41) is 11.6. The third-order valence-corrected chi connectivity index (χ3v) is 3.58. The number of rotatable bonds is 5. The average Bonchev–Trinajstić information content (AvgIpc) is 2.55. The highest BCUT2D eigenvalue weighted by Crippen LogP contribution is 2.24. The second-order valence-electron chi connectivity index (χ2n) is 5.74. The standard InChI is InChI=1S/C19H20N4O3/c1-11-8-13(6-7-16(24)25)9-12(2)17(11)23-18(26)14-4-3-5-15(10-14)22-19(20)21/h3-10H,1-2H3,(H,23,26)(H,24,25)(H4,20,21,22). The summed E-state index contributed by atoms with van der Waals surface area (Å²) in [6, 6.07) is 10.2. The Morgan fingerprint density at radius 1 is 1.12 bits per heavy atom. The van der Waals surface area contributed by atoms with Crippen molar-refractivity contribution in [1.29, 1.82) is 0 Å². The van der Waals surface area contributed by atoms with Crippen LogP contribution in [0, 0.1) is 13.8 Å². The largest absolute Gasteiger partial charge is 0.478 e. The first-order valence-electron chi connectivity index (χ1n) is 7.79. The minimum atomic E-state index is -1.02. The smallest absolute Gasteiger partial charge is 0.328 e. The Morgan fingerprint density at radius 2 is 1.77 bits per heavy atom. The Balaban J connectivity index is 2.27. The summed E-state index contributed by atoms with van der Waals surface area (Å²) in [5.41, 5.74) is 14.7. The summed E-state index contributed by atoms with van der Waals surface area (Å²) in [4.78, 5) is 27.1. The molecule has 0 aliphatic rings. The van der Waals surface area contributed by atoms with Crippen molar-refractivity contribution in [3.05, 3.63) is 64.7 Å². The highest BCUT2D eigenvalue weighted by molar-refractivity contribution is 6.05. The molecule has 134 valence electrons. The van der Waals surface area contributed by atoms with E-state index in [1.165, 1.54) is 6.08 Å². The monoisotopic (exact) mass is 352 g/mol. The van der Waals surface area contributed by atoms with Crippen LogP contribution in [-0.4, -0.2) is 22.9 Å². The fourth-order valence-electron chi connectivity index (χ4n) is 2.51. The number of guanidine groups is 1. The molecule has 0 unspecified atom stereocenters. The highest BCUT2D eigenvalue weighted by Gasteiger charge is 2.11. The van der Waals surface area contributed by atoms with Crippen LogP contribution in [0.4, 0.5) is 11.4 Å². The van der Waals surface area contributed by atoms with Gasteiger partial charge in [0.25, 0.3) is 5.91 Å². The van der Waals surface area contributed by atoms with Crippen molar-refractivity contribution < 1.29 is 14.7 Å². The van der Waals surface area contributed by atoms with Crippen LogP contribution in [0.15, 0.2) is 47.5 Å². The molecule has 2 aromatic carbocycles. The second kappa shape index (κ2) is 7.98. The molecule has 0 atom stereocenters. The first-order valence-corrected chi connectivity index (χ1v) is 7.79. The van der Waals surface area contributed by atoms with E-state index >= 15 is 0 Å². The molecule has 7 nitrogen and oxygen atoms in total. The van der Waals surface area contributed by atoms with Gasteiger partial charge in [-0.2, -0.15) is 0 Å². The van der Waals surface area contributed by atoms with Gasteiger partial charge in [0, 0.05) is 17.3 Å². The third kappa shape index (κ3) is 4.94. The van der Waals surface area contributed by atoms with E-state index in [-0.39, 0.29) is 11.9 Å². The van der Waals surface area contributed by atoms with Crippen LogP contribution in [0.3, 0.4) is 0 Å². The van der Waals surface area contributed by atoms with E-state index in [0.717, 1.165) is 22.8 Å². The fraction of sp³-hybridized carbons (Fsp3) is 0.105. The van der Waals surface area contributed by atoms with Gasteiger partial charge >= 0.3 is 5.97 Å². The number of carboxylic acid groups (broad SMARTS) is 1. The van der Waals surface area contributed by atoms with Crippen LogP contribution in [0.25, 0.3) is 6.08 Å².